The molecule has 168 valence electrons. The quantitative estimate of drug-likeness (QED) is 0.308. The lowest BCUT2D eigenvalue weighted by molar-refractivity contribution is -0.123. The van der Waals surface area contributed by atoms with Gasteiger partial charge in [0.1, 0.15) is 5.75 Å². The molecule has 4 aromatic rings. The Bertz CT molecular complexity index is 1460. The first-order chi connectivity index (χ1) is 16.5. The molecule has 5 rings (SSSR count). The van der Waals surface area contributed by atoms with Crippen molar-refractivity contribution < 1.29 is 14.7 Å². The standard InChI is InChI=1S/C28H20ClNO3S/c29-24-11-4-2-7-20(24)14-18-12-13-25(31)22(15-18)16-26-27(32)30(28(33)34-26)17-21-9-5-8-19-6-1-3-10-23(19)21/h1-13,15-16,31H,14,17H2/b26-16-. The summed E-state index contributed by atoms with van der Waals surface area (Å²) in [5.74, 6) is -0.317. The van der Waals surface area contributed by atoms with Crippen molar-refractivity contribution in [2.75, 3.05) is 0 Å². The van der Waals surface area contributed by atoms with Gasteiger partial charge in [0.05, 0.1) is 11.4 Å². The van der Waals surface area contributed by atoms with E-state index in [9.17, 15) is 14.7 Å². The zero-order valence-corrected chi connectivity index (χ0v) is 19.6. The van der Waals surface area contributed by atoms with Crippen molar-refractivity contribution in [2.24, 2.45) is 0 Å². The van der Waals surface area contributed by atoms with Crippen molar-refractivity contribution in [2.45, 2.75) is 13.0 Å². The highest BCUT2D eigenvalue weighted by Gasteiger charge is 2.35. The maximum atomic E-state index is 13.1. The Morgan fingerprint density at radius 1 is 0.882 bits per heavy atom. The molecule has 1 saturated heterocycles. The van der Waals surface area contributed by atoms with E-state index in [2.05, 4.69) is 0 Å². The van der Waals surface area contributed by atoms with Gasteiger partial charge in [-0.15, -0.1) is 0 Å². The van der Waals surface area contributed by atoms with Crippen LogP contribution in [-0.4, -0.2) is 21.2 Å². The summed E-state index contributed by atoms with van der Waals surface area (Å²) in [5, 5.41) is 12.8. The molecule has 34 heavy (non-hydrogen) atoms. The number of carbonyl (C=O) groups is 2. The normalized spacial score (nSPS) is 15.0. The van der Waals surface area contributed by atoms with Crippen LogP contribution in [0.25, 0.3) is 16.8 Å². The third kappa shape index (κ3) is 4.45. The van der Waals surface area contributed by atoms with Crippen LogP contribution in [0.1, 0.15) is 22.3 Å². The molecule has 0 aromatic heterocycles. The predicted molar refractivity (Wildman–Crippen MR) is 138 cm³/mol. The van der Waals surface area contributed by atoms with E-state index in [1.54, 1.807) is 12.1 Å². The Balaban J connectivity index is 1.41. The minimum atomic E-state index is -0.362. The second kappa shape index (κ2) is 9.37. The van der Waals surface area contributed by atoms with E-state index in [-0.39, 0.29) is 28.3 Å². The van der Waals surface area contributed by atoms with Crippen LogP contribution in [0.5, 0.6) is 5.75 Å². The molecule has 2 amide bonds. The van der Waals surface area contributed by atoms with Crippen LogP contribution in [0.4, 0.5) is 4.79 Å². The maximum absolute atomic E-state index is 13.1. The predicted octanol–water partition coefficient (Wildman–Crippen LogP) is 7.03. The van der Waals surface area contributed by atoms with Crippen molar-refractivity contribution in [1.82, 2.24) is 4.90 Å². The number of hydrogen-bond donors (Lipinski definition) is 1. The van der Waals surface area contributed by atoms with E-state index in [1.165, 1.54) is 4.90 Å². The van der Waals surface area contributed by atoms with Crippen LogP contribution in [0.3, 0.4) is 0 Å². The number of rotatable bonds is 5. The molecule has 1 N–H and O–H groups in total. The molecular weight excluding hydrogens is 466 g/mol. The van der Waals surface area contributed by atoms with Crippen LogP contribution in [0.15, 0.2) is 89.8 Å². The first-order valence-electron chi connectivity index (χ1n) is 10.8. The smallest absolute Gasteiger partial charge is 0.293 e. The zero-order chi connectivity index (χ0) is 23.7. The average Bonchev–Trinajstić information content (AvgIpc) is 3.10. The second-order valence-electron chi connectivity index (χ2n) is 8.07. The van der Waals surface area contributed by atoms with Gasteiger partial charge in [-0.1, -0.05) is 78.3 Å². The van der Waals surface area contributed by atoms with Gasteiger partial charge in [0.25, 0.3) is 11.1 Å². The number of hydrogen-bond acceptors (Lipinski definition) is 4. The first-order valence-corrected chi connectivity index (χ1v) is 12.0. The molecule has 0 bridgehead atoms. The Kier molecular flexibility index (Phi) is 6.14. The number of phenolic OH excluding ortho intramolecular Hbond substituents is 1. The molecule has 1 aliphatic rings. The highest BCUT2D eigenvalue weighted by atomic mass is 35.5. The fourth-order valence-corrected chi connectivity index (χ4v) is 5.10. The van der Waals surface area contributed by atoms with Crippen LogP contribution in [0, 0.1) is 0 Å². The minimum Gasteiger partial charge on any atom is -0.507 e. The van der Waals surface area contributed by atoms with E-state index in [4.69, 9.17) is 11.6 Å². The molecule has 1 fully saturated rings. The highest BCUT2D eigenvalue weighted by Crippen LogP contribution is 2.36. The number of amides is 2. The second-order valence-corrected chi connectivity index (χ2v) is 9.47. The van der Waals surface area contributed by atoms with Crippen molar-refractivity contribution in [1.29, 1.82) is 0 Å². The summed E-state index contributed by atoms with van der Waals surface area (Å²) in [5.41, 5.74) is 3.30. The molecule has 6 heteroatoms. The van der Waals surface area contributed by atoms with Gasteiger partial charge in [-0.3, -0.25) is 14.5 Å². The fourth-order valence-electron chi connectivity index (χ4n) is 4.07. The topological polar surface area (TPSA) is 57.6 Å². The van der Waals surface area contributed by atoms with Gasteiger partial charge in [-0.05, 0) is 69.9 Å². The van der Waals surface area contributed by atoms with E-state index in [1.807, 2.05) is 78.9 Å². The highest BCUT2D eigenvalue weighted by molar-refractivity contribution is 8.18. The number of nitrogens with zero attached hydrogens (tertiary/aromatic N) is 1. The molecule has 1 aliphatic heterocycles. The summed E-state index contributed by atoms with van der Waals surface area (Å²) in [6.07, 6.45) is 2.17. The fraction of sp³-hybridized carbons (Fsp3) is 0.0714. The third-order valence-corrected chi connectivity index (χ3v) is 7.09. The van der Waals surface area contributed by atoms with Crippen LogP contribution >= 0.6 is 23.4 Å². The lowest BCUT2D eigenvalue weighted by atomic mass is 10.0. The van der Waals surface area contributed by atoms with E-state index in [0.717, 1.165) is 39.2 Å². The average molecular weight is 486 g/mol. The monoisotopic (exact) mass is 485 g/mol. The van der Waals surface area contributed by atoms with Gasteiger partial charge in [-0.2, -0.15) is 0 Å². The van der Waals surface area contributed by atoms with Crippen LogP contribution in [-0.2, 0) is 17.8 Å². The summed E-state index contributed by atoms with van der Waals surface area (Å²) in [7, 11) is 0. The lowest BCUT2D eigenvalue weighted by Crippen LogP contribution is -2.27. The largest absolute Gasteiger partial charge is 0.507 e. The van der Waals surface area contributed by atoms with Gasteiger partial charge in [0.2, 0.25) is 0 Å². The summed E-state index contributed by atoms with van der Waals surface area (Å²) in [4.78, 5) is 27.4. The number of aromatic hydroxyl groups is 1. The Morgan fingerprint density at radius 3 is 2.47 bits per heavy atom. The third-order valence-electron chi connectivity index (χ3n) is 5.81. The van der Waals surface area contributed by atoms with Crippen molar-refractivity contribution in [3.63, 3.8) is 0 Å². The number of imide groups is 1. The van der Waals surface area contributed by atoms with Crippen molar-refractivity contribution in [3.8, 4) is 5.75 Å². The molecule has 0 unspecified atom stereocenters. The zero-order valence-electron chi connectivity index (χ0n) is 18.1. The van der Waals surface area contributed by atoms with E-state index in [0.29, 0.717) is 17.0 Å². The molecule has 4 aromatic carbocycles. The molecule has 4 nitrogen and oxygen atoms in total. The molecular formula is C28H20ClNO3S. The molecule has 0 saturated carbocycles. The van der Waals surface area contributed by atoms with Gasteiger partial charge in [0.15, 0.2) is 0 Å². The summed E-state index contributed by atoms with van der Waals surface area (Å²) >= 11 is 7.17. The van der Waals surface area contributed by atoms with Gasteiger partial charge in [0, 0.05) is 10.6 Å². The number of benzene rings is 4. The van der Waals surface area contributed by atoms with E-state index >= 15 is 0 Å². The number of phenols is 1. The molecule has 1 heterocycles. The van der Waals surface area contributed by atoms with Gasteiger partial charge < -0.3 is 5.11 Å². The number of carbonyl (C=O) groups excluding carboxylic acids is 2. The first kappa shape index (κ1) is 22.3. The molecule has 0 aliphatic carbocycles. The SMILES string of the molecule is O=C1S/C(=C\c2cc(Cc3ccccc3Cl)ccc2O)C(=O)N1Cc1cccc2ccccc12. The minimum absolute atomic E-state index is 0.0451. The Morgan fingerprint density at radius 2 is 1.62 bits per heavy atom. The Hall–Kier alpha value is -3.54. The summed E-state index contributed by atoms with van der Waals surface area (Å²) in [6, 6.07) is 26.6. The van der Waals surface area contributed by atoms with Crippen molar-refractivity contribution in [3.05, 3.63) is 117 Å². The lowest BCUT2D eigenvalue weighted by Gasteiger charge is -2.14. The Labute approximate surface area is 206 Å². The number of halogens is 1. The maximum Gasteiger partial charge on any atom is 0.293 e. The number of fused-ring (bicyclic) bond motifs is 1. The van der Waals surface area contributed by atoms with Crippen LogP contribution < -0.4 is 0 Å². The number of thioether (sulfide) groups is 1. The van der Waals surface area contributed by atoms with E-state index < -0.39 is 0 Å². The van der Waals surface area contributed by atoms with Crippen molar-refractivity contribution >= 4 is 51.4 Å². The molecule has 0 spiro atoms. The van der Waals surface area contributed by atoms with Gasteiger partial charge in [-0.25, -0.2) is 0 Å². The molecule has 0 atom stereocenters. The van der Waals surface area contributed by atoms with Gasteiger partial charge >= 0.3 is 0 Å². The molecule has 0 radical (unpaired) electrons. The van der Waals surface area contributed by atoms with Crippen LogP contribution in [0.2, 0.25) is 5.02 Å². The summed E-state index contributed by atoms with van der Waals surface area (Å²) in [6.45, 7) is 0.196. The summed E-state index contributed by atoms with van der Waals surface area (Å²) < 4.78 is 0.